The third kappa shape index (κ3) is 4.84. The van der Waals surface area contributed by atoms with Crippen LogP contribution in [0.3, 0.4) is 0 Å². The SMILES string of the molecule is COCc1cc(Cl)c(Cc2cc(C)c(CCO)s2)cc1[C@]1(C)O[C@H](C)[C@@H](O)[C@H](O)[C@H]1O. The Morgan fingerprint density at radius 3 is 2.52 bits per heavy atom. The smallest absolute Gasteiger partial charge is 0.120 e. The van der Waals surface area contributed by atoms with Gasteiger partial charge < -0.3 is 29.9 Å². The van der Waals surface area contributed by atoms with Crippen LogP contribution in [0.25, 0.3) is 0 Å². The van der Waals surface area contributed by atoms with Crippen molar-refractivity contribution in [2.24, 2.45) is 0 Å². The zero-order valence-electron chi connectivity index (χ0n) is 18.3. The van der Waals surface area contributed by atoms with Gasteiger partial charge in [0.05, 0.1) is 12.7 Å². The molecule has 2 heterocycles. The highest BCUT2D eigenvalue weighted by Crippen LogP contribution is 2.42. The summed E-state index contributed by atoms with van der Waals surface area (Å²) in [5.74, 6) is 0. The molecule has 0 radical (unpaired) electrons. The number of benzene rings is 1. The van der Waals surface area contributed by atoms with E-state index in [9.17, 15) is 20.4 Å². The third-order valence-electron chi connectivity index (χ3n) is 6.03. The summed E-state index contributed by atoms with van der Waals surface area (Å²) in [6.07, 6.45) is -3.31. The van der Waals surface area contributed by atoms with Crippen LogP contribution < -0.4 is 0 Å². The van der Waals surface area contributed by atoms with Crippen LogP contribution in [0.15, 0.2) is 18.2 Å². The summed E-state index contributed by atoms with van der Waals surface area (Å²) in [5.41, 5.74) is 2.17. The Morgan fingerprint density at radius 2 is 1.87 bits per heavy atom. The number of ether oxygens (including phenoxy) is 2. The zero-order chi connectivity index (χ0) is 22.9. The number of halogens is 1. The molecule has 1 saturated heterocycles. The Bertz CT molecular complexity index is 916. The molecule has 0 aliphatic carbocycles. The van der Waals surface area contributed by atoms with Crippen molar-refractivity contribution in [3.8, 4) is 0 Å². The van der Waals surface area contributed by atoms with E-state index in [0.717, 1.165) is 26.4 Å². The molecule has 3 rings (SSSR count). The van der Waals surface area contributed by atoms with Crippen LogP contribution in [0.1, 0.15) is 45.9 Å². The lowest BCUT2D eigenvalue weighted by Crippen LogP contribution is -2.61. The summed E-state index contributed by atoms with van der Waals surface area (Å²) in [4.78, 5) is 2.26. The lowest BCUT2D eigenvalue weighted by molar-refractivity contribution is -0.263. The Morgan fingerprint density at radius 1 is 1.16 bits per heavy atom. The highest BCUT2D eigenvalue weighted by Gasteiger charge is 2.51. The van der Waals surface area contributed by atoms with Gasteiger partial charge in [-0.1, -0.05) is 17.7 Å². The minimum absolute atomic E-state index is 0.108. The first kappa shape index (κ1) is 24.6. The Hall–Kier alpha value is -1.03. The molecule has 1 aromatic carbocycles. The van der Waals surface area contributed by atoms with Crippen LogP contribution >= 0.6 is 22.9 Å². The van der Waals surface area contributed by atoms with Crippen molar-refractivity contribution >= 4 is 22.9 Å². The van der Waals surface area contributed by atoms with Crippen molar-refractivity contribution in [1.29, 1.82) is 0 Å². The largest absolute Gasteiger partial charge is 0.396 e. The van der Waals surface area contributed by atoms with Crippen molar-refractivity contribution in [3.05, 3.63) is 55.2 Å². The molecule has 5 atom stereocenters. The third-order valence-corrected chi connectivity index (χ3v) is 7.68. The maximum atomic E-state index is 10.8. The van der Waals surface area contributed by atoms with Crippen LogP contribution in [0.5, 0.6) is 0 Å². The van der Waals surface area contributed by atoms with E-state index in [0.29, 0.717) is 23.4 Å². The van der Waals surface area contributed by atoms with Crippen molar-refractivity contribution in [1.82, 2.24) is 0 Å². The summed E-state index contributed by atoms with van der Waals surface area (Å²) in [6.45, 7) is 5.78. The van der Waals surface area contributed by atoms with Crippen LogP contribution in [0.2, 0.25) is 5.02 Å². The van der Waals surface area contributed by atoms with Gasteiger partial charge in [-0.25, -0.2) is 0 Å². The fourth-order valence-electron chi connectivity index (χ4n) is 4.29. The van der Waals surface area contributed by atoms with Gasteiger partial charge in [0.2, 0.25) is 0 Å². The predicted octanol–water partition coefficient (Wildman–Crippen LogP) is 2.70. The number of aliphatic hydroxyl groups excluding tert-OH is 4. The number of aryl methyl sites for hydroxylation is 1. The van der Waals surface area contributed by atoms with Crippen molar-refractivity contribution in [2.75, 3.05) is 13.7 Å². The molecule has 1 aliphatic rings. The van der Waals surface area contributed by atoms with Crippen LogP contribution in [-0.4, -0.2) is 58.6 Å². The molecule has 0 spiro atoms. The maximum Gasteiger partial charge on any atom is 0.120 e. The number of methoxy groups -OCH3 is 1. The fraction of sp³-hybridized carbons (Fsp3) is 0.565. The van der Waals surface area contributed by atoms with Crippen molar-refractivity contribution in [2.45, 2.75) is 70.2 Å². The lowest BCUT2D eigenvalue weighted by atomic mass is 9.79. The van der Waals surface area contributed by atoms with Crippen molar-refractivity contribution in [3.63, 3.8) is 0 Å². The van der Waals surface area contributed by atoms with Crippen LogP contribution in [0, 0.1) is 6.92 Å². The number of aliphatic hydroxyl groups is 4. The molecule has 1 fully saturated rings. The number of thiophene rings is 1. The molecular formula is C23H31ClO6S. The quantitative estimate of drug-likeness (QED) is 0.496. The van der Waals surface area contributed by atoms with Crippen LogP contribution in [0.4, 0.5) is 0 Å². The summed E-state index contributed by atoms with van der Waals surface area (Å²) < 4.78 is 11.4. The van der Waals surface area contributed by atoms with E-state index in [-0.39, 0.29) is 13.2 Å². The van der Waals surface area contributed by atoms with Gasteiger partial charge in [-0.2, -0.15) is 0 Å². The van der Waals surface area contributed by atoms with E-state index in [1.165, 1.54) is 0 Å². The molecule has 4 N–H and O–H groups in total. The lowest BCUT2D eigenvalue weighted by Gasteiger charge is -2.47. The van der Waals surface area contributed by atoms with E-state index in [2.05, 4.69) is 6.07 Å². The Balaban J connectivity index is 2.04. The van der Waals surface area contributed by atoms with E-state index >= 15 is 0 Å². The average molecular weight is 471 g/mol. The van der Waals surface area contributed by atoms with E-state index in [1.807, 2.05) is 19.1 Å². The average Bonchev–Trinajstić information content (AvgIpc) is 3.06. The maximum absolute atomic E-state index is 10.8. The predicted molar refractivity (Wildman–Crippen MR) is 121 cm³/mol. The monoisotopic (exact) mass is 470 g/mol. The first-order valence-electron chi connectivity index (χ1n) is 10.3. The number of hydrogen-bond donors (Lipinski definition) is 4. The Kier molecular flexibility index (Phi) is 7.82. The van der Waals surface area contributed by atoms with Gasteiger partial charge in [0, 0.05) is 41.3 Å². The minimum atomic E-state index is -1.34. The summed E-state index contributed by atoms with van der Waals surface area (Å²) >= 11 is 8.26. The molecule has 1 aliphatic heterocycles. The van der Waals surface area contributed by atoms with Gasteiger partial charge in [-0.3, -0.25) is 0 Å². The van der Waals surface area contributed by atoms with Gasteiger partial charge >= 0.3 is 0 Å². The second-order valence-electron chi connectivity index (χ2n) is 8.36. The summed E-state index contributed by atoms with van der Waals surface area (Å²) in [6, 6.07) is 5.82. The van der Waals surface area contributed by atoms with Gasteiger partial charge in [0.15, 0.2) is 0 Å². The molecule has 0 bridgehead atoms. The molecule has 31 heavy (non-hydrogen) atoms. The van der Waals surface area contributed by atoms with Crippen molar-refractivity contribution < 1.29 is 29.9 Å². The molecule has 0 unspecified atom stereocenters. The molecule has 0 amide bonds. The minimum Gasteiger partial charge on any atom is -0.396 e. The fourth-order valence-corrected chi connectivity index (χ4v) is 5.73. The molecule has 2 aromatic rings. The molecule has 1 aromatic heterocycles. The highest BCUT2D eigenvalue weighted by atomic mass is 35.5. The van der Waals surface area contributed by atoms with Gasteiger partial charge in [0.25, 0.3) is 0 Å². The molecule has 6 nitrogen and oxygen atoms in total. The van der Waals surface area contributed by atoms with E-state index in [1.54, 1.807) is 32.3 Å². The number of hydrogen-bond acceptors (Lipinski definition) is 7. The van der Waals surface area contributed by atoms with Gasteiger partial charge in [-0.15, -0.1) is 11.3 Å². The number of rotatable bonds is 7. The molecule has 172 valence electrons. The van der Waals surface area contributed by atoms with E-state index < -0.39 is 30.0 Å². The molecular weight excluding hydrogens is 440 g/mol. The second-order valence-corrected chi connectivity index (χ2v) is 9.99. The summed E-state index contributed by atoms with van der Waals surface area (Å²) in [5, 5.41) is 41.2. The zero-order valence-corrected chi connectivity index (χ0v) is 19.8. The van der Waals surface area contributed by atoms with Gasteiger partial charge in [0.1, 0.15) is 23.9 Å². The highest BCUT2D eigenvalue weighted by molar-refractivity contribution is 7.12. The summed E-state index contributed by atoms with van der Waals surface area (Å²) in [7, 11) is 1.57. The normalized spacial score (nSPS) is 28.8. The molecule has 8 heteroatoms. The van der Waals surface area contributed by atoms with Gasteiger partial charge in [-0.05, 0) is 55.2 Å². The Labute approximate surface area is 192 Å². The standard InChI is InChI=1S/C23H31ClO6S/c1-12-7-16(31-19(12)5-6-25)8-14-9-17(15(11-29-4)10-18(14)24)23(3)22(28)21(27)20(26)13(2)30-23/h7,9-10,13,20-22,25-28H,5-6,8,11H2,1-4H3/t13-,20-,21+,22-,23+/m1/s1. The van der Waals surface area contributed by atoms with Crippen LogP contribution in [-0.2, 0) is 34.5 Å². The van der Waals surface area contributed by atoms with E-state index in [4.69, 9.17) is 21.1 Å². The second kappa shape index (κ2) is 9.85. The first-order chi connectivity index (χ1) is 14.6. The topological polar surface area (TPSA) is 99.4 Å². The first-order valence-corrected chi connectivity index (χ1v) is 11.5. The molecule has 0 saturated carbocycles.